The fraction of sp³-hybridized carbons (Fsp3) is 0.438. The first-order chi connectivity index (χ1) is 10.4. The van der Waals surface area contributed by atoms with Crippen molar-refractivity contribution in [3.05, 3.63) is 35.4 Å². The third-order valence-electron chi connectivity index (χ3n) is 4.18. The zero-order chi connectivity index (χ0) is 16.5. The molecule has 1 aliphatic rings. The van der Waals surface area contributed by atoms with Crippen molar-refractivity contribution < 1.29 is 19.5 Å². The van der Waals surface area contributed by atoms with Gasteiger partial charge >= 0.3 is 12.0 Å². The van der Waals surface area contributed by atoms with Gasteiger partial charge in [-0.05, 0) is 25.3 Å². The second-order valence-corrected chi connectivity index (χ2v) is 5.49. The Morgan fingerprint density at radius 3 is 2.32 bits per heavy atom. The van der Waals surface area contributed by atoms with Crippen LogP contribution in [0.5, 0.6) is 0 Å². The van der Waals surface area contributed by atoms with Crippen molar-refractivity contribution in [2.75, 3.05) is 0 Å². The van der Waals surface area contributed by atoms with Crippen molar-refractivity contribution in [3.63, 3.8) is 0 Å². The minimum Gasteiger partial charge on any atom is -0.480 e. The fourth-order valence-electron chi connectivity index (χ4n) is 2.82. The van der Waals surface area contributed by atoms with Gasteiger partial charge in [0.2, 0.25) is 0 Å². The molecule has 6 nitrogen and oxygen atoms in total. The maximum Gasteiger partial charge on any atom is 0.326 e. The molecule has 0 bridgehead atoms. The Morgan fingerprint density at radius 2 is 1.86 bits per heavy atom. The highest BCUT2D eigenvalue weighted by atomic mass is 16.4. The average molecular weight is 304 g/mol. The quantitative estimate of drug-likeness (QED) is 0.815. The average Bonchev–Trinajstić information content (AvgIpc) is 2.74. The highest BCUT2D eigenvalue weighted by molar-refractivity contribution is 6.09. The second-order valence-electron chi connectivity index (χ2n) is 5.49. The van der Waals surface area contributed by atoms with Crippen LogP contribution >= 0.6 is 0 Å². The van der Waals surface area contributed by atoms with E-state index >= 15 is 0 Å². The van der Waals surface area contributed by atoms with E-state index < -0.39 is 29.5 Å². The lowest BCUT2D eigenvalue weighted by Gasteiger charge is -2.27. The number of aliphatic carboxylic acids is 1. The van der Waals surface area contributed by atoms with Gasteiger partial charge in [0, 0.05) is 0 Å². The van der Waals surface area contributed by atoms with Gasteiger partial charge in [-0.15, -0.1) is 0 Å². The maximum atomic E-state index is 12.8. The Labute approximate surface area is 129 Å². The molecule has 1 aromatic carbocycles. The summed E-state index contributed by atoms with van der Waals surface area (Å²) in [7, 11) is 0. The normalized spacial score (nSPS) is 22.6. The summed E-state index contributed by atoms with van der Waals surface area (Å²) in [6.07, 6.45) is 0.523. The number of imide groups is 1. The number of carboxylic acids is 1. The van der Waals surface area contributed by atoms with Crippen molar-refractivity contribution in [3.8, 4) is 0 Å². The molecule has 1 aliphatic heterocycles. The summed E-state index contributed by atoms with van der Waals surface area (Å²) in [6, 6.07) is 5.52. The van der Waals surface area contributed by atoms with Gasteiger partial charge in [0.05, 0.1) is 0 Å². The van der Waals surface area contributed by atoms with Gasteiger partial charge in [-0.25, -0.2) is 14.5 Å². The molecule has 0 aromatic heterocycles. The zero-order valence-electron chi connectivity index (χ0n) is 12.9. The SMILES string of the molecule is CCC(C(=O)O)N1C(=O)NC(CC)(c2ccc(C)cc2)C1=O. The molecule has 22 heavy (non-hydrogen) atoms. The highest BCUT2D eigenvalue weighted by Crippen LogP contribution is 2.34. The summed E-state index contributed by atoms with van der Waals surface area (Å²) in [5, 5.41) is 11.9. The number of carboxylic acid groups (broad SMARTS) is 1. The number of amides is 3. The van der Waals surface area contributed by atoms with Crippen LogP contribution < -0.4 is 5.32 Å². The summed E-state index contributed by atoms with van der Waals surface area (Å²) in [6.45, 7) is 5.36. The van der Waals surface area contributed by atoms with E-state index in [4.69, 9.17) is 0 Å². The number of carbonyl (C=O) groups excluding carboxylic acids is 2. The molecule has 0 aliphatic carbocycles. The summed E-state index contributed by atoms with van der Waals surface area (Å²) in [4.78, 5) is 37.2. The smallest absolute Gasteiger partial charge is 0.326 e. The third kappa shape index (κ3) is 2.34. The van der Waals surface area contributed by atoms with Crippen LogP contribution in [0.25, 0.3) is 0 Å². The van der Waals surface area contributed by atoms with E-state index in [0.29, 0.717) is 12.0 Å². The van der Waals surface area contributed by atoms with Gasteiger partial charge in [-0.2, -0.15) is 0 Å². The zero-order valence-corrected chi connectivity index (χ0v) is 12.9. The predicted octanol–water partition coefficient (Wildman–Crippen LogP) is 2.02. The van der Waals surface area contributed by atoms with Gasteiger partial charge in [0.25, 0.3) is 5.91 Å². The number of nitrogens with one attached hydrogen (secondary N) is 1. The lowest BCUT2D eigenvalue weighted by Crippen LogP contribution is -2.47. The summed E-state index contributed by atoms with van der Waals surface area (Å²) in [5.74, 6) is -1.68. The first kappa shape index (κ1) is 16.0. The molecule has 2 rings (SSSR count). The van der Waals surface area contributed by atoms with E-state index in [2.05, 4.69) is 5.32 Å². The van der Waals surface area contributed by atoms with Gasteiger partial charge < -0.3 is 10.4 Å². The number of benzene rings is 1. The predicted molar refractivity (Wildman–Crippen MR) is 80.2 cm³/mol. The van der Waals surface area contributed by atoms with Crippen molar-refractivity contribution in [1.29, 1.82) is 0 Å². The molecular formula is C16H20N2O4. The van der Waals surface area contributed by atoms with E-state index in [-0.39, 0.29) is 6.42 Å². The molecule has 0 spiro atoms. The molecule has 1 heterocycles. The molecule has 2 atom stereocenters. The molecule has 3 amide bonds. The highest BCUT2D eigenvalue weighted by Gasteiger charge is 2.54. The topological polar surface area (TPSA) is 86.7 Å². The number of urea groups is 1. The molecule has 2 N–H and O–H groups in total. The molecule has 1 saturated heterocycles. The van der Waals surface area contributed by atoms with Crippen molar-refractivity contribution in [2.24, 2.45) is 0 Å². The minimum atomic E-state index is -1.19. The third-order valence-corrected chi connectivity index (χ3v) is 4.18. The monoisotopic (exact) mass is 304 g/mol. The van der Waals surface area contributed by atoms with Crippen LogP contribution in [-0.2, 0) is 15.1 Å². The van der Waals surface area contributed by atoms with Crippen LogP contribution in [0.1, 0.15) is 37.8 Å². The first-order valence-corrected chi connectivity index (χ1v) is 7.33. The van der Waals surface area contributed by atoms with E-state index in [1.54, 1.807) is 26.0 Å². The van der Waals surface area contributed by atoms with E-state index in [1.165, 1.54) is 0 Å². The number of rotatable bonds is 5. The Kier molecular flexibility index (Phi) is 4.21. The van der Waals surface area contributed by atoms with Crippen LogP contribution in [0.3, 0.4) is 0 Å². The largest absolute Gasteiger partial charge is 0.480 e. The van der Waals surface area contributed by atoms with Gasteiger partial charge in [0.1, 0.15) is 11.6 Å². The van der Waals surface area contributed by atoms with E-state index in [9.17, 15) is 19.5 Å². The number of nitrogens with zero attached hydrogens (tertiary/aromatic N) is 1. The number of hydrogen-bond acceptors (Lipinski definition) is 3. The molecule has 2 unspecified atom stereocenters. The molecule has 0 radical (unpaired) electrons. The van der Waals surface area contributed by atoms with Crippen LogP contribution in [0.15, 0.2) is 24.3 Å². The van der Waals surface area contributed by atoms with Crippen LogP contribution in [0.2, 0.25) is 0 Å². The van der Waals surface area contributed by atoms with Crippen molar-refractivity contribution in [1.82, 2.24) is 10.2 Å². The number of carbonyl (C=O) groups is 3. The molecule has 6 heteroatoms. The Morgan fingerprint density at radius 1 is 1.27 bits per heavy atom. The molecule has 1 aromatic rings. The minimum absolute atomic E-state index is 0.169. The Balaban J connectivity index is 2.47. The van der Waals surface area contributed by atoms with E-state index in [1.807, 2.05) is 19.1 Å². The van der Waals surface area contributed by atoms with Gasteiger partial charge in [-0.1, -0.05) is 43.7 Å². The Bertz CT molecular complexity index is 611. The van der Waals surface area contributed by atoms with Crippen LogP contribution in [-0.4, -0.2) is 34.0 Å². The van der Waals surface area contributed by atoms with Gasteiger partial charge in [-0.3, -0.25) is 4.79 Å². The lowest BCUT2D eigenvalue weighted by molar-refractivity contribution is -0.148. The maximum absolute atomic E-state index is 12.8. The molecule has 0 saturated carbocycles. The summed E-state index contributed by atoms with van der Waals surface area (Å²) >= 11 is 0. The molecule has 118 valence electrons. The second kappa shape index (κ2) is 5.79. The fourth-order valence-corrected chi connectivity index (χ4v) is 2.82. The van der Waals surface area contributed by atoms with Crippen molar-refractivity contribution in [2.45, 2.75) is 45.2 Å². The lowest BCUT2D eigenvalue weighted by atomic mass is 9.86. The van der Waals surface area contributed by atoms with Crippen LogP contribution in [0, 0.1) is 6.92 Å². The molecule has 1 fully saturated rings. The first-order valence-electron chi connectivity index (χ1n) is 7.33. The molecular weight excluding hydrogens is 284 g/mol. The number of aryl methyl sites for hydroxylation is 1. The Hall–Kier alpha value is -2.37. The standard InChI is InChI=1S/C16H20N2O4/c1-4-12(13(19)20)18-14(21)16(5-2,17-15(18)22)11-8-6-10(3)7-9-11/h6-9,12H,4-5H2,1-3H3,(H,17,22)(H,19,20). The summed E-state index contributed by atoms with van der Waals surface area (Å²) < 4.78 is 0. The number of hydrogen-bond donors (Lipinski definition) is 2. The summed E-state index contributed by atoms with van der Waals surface area (Å²) in [5.41, 5.74) is 0.524. The van der Waals surface area contributed by atoms with Crippen LogP contribution in [0.4, 0.5) is 4.79 Å². The van der Waals surface area contributed by atoms with Gasteiger partial charge in [0.15, 0.2) is 0 Å². The van der Waals surface area contributed by atoms with E-state index in [0.717, 1.165) is 10.5 Å². The van der Waals surface area contributed by atoms with Crippen molar-refractivity contribution >= 4 is 17.9 Å².